The van der Waals surface area contributed by atoms with E-state index in [4.69, 9.17) is 0 Å². The Morgan fingerprint density at radius 3 is 2.72 bits per heavy atom. The molecule has 1 aliphatic rings. The van der Waals surface area contributed by atoms with Crippen LogP contribution in [0.1, 0.15) is 39.9 Å². The SMILES string of the molecule is Cc1ccc(C)c(C(=O)C=CNc2cccc(CN3CCCC3)c2)c1. The van der Waals surface area contributed by atoms with Crippen LogP contribution in [-0.4, -0.2) is 23.8 Å². The molecule has 1 N–H and O–H groups in total. The Balaban J connectivity index is 1.61. The summed E-state index contributed by atoms with van der Waals surface area (Å²) >= 11 is 0. The molecule has 0 radical (unpaired) electrons. The lowest BCUT2D eigenvalue weighted by atomic mass is 10.0. The van der Waals surface area contributed by atoms with Gasteiger partial charge < -0.3 is 5.32 Å². The Bertz CT molecular complexity index is 773. The highest BCUT2D eigenvalue weighted by molar-refractivity contribution is 6.05. The fraction of sp³-hybridized carbons (Fsp3) is 0.318. The van der Waals surface area contributed by atoms with Crippen LogP contribution in [0.3, 0.4) is 0 Å². The fourth-order valence-corrected chi connectivity index (χ4v) is 3.26. The molecule has 0 saturated carbocycles. The maximum atomic E-state index is 12.4. The smallest absolute Gasteiger partial charge is 0.187 e. The lowest BCUT2D eigenvalue weighted by Crippen LogP contribution is -2.18. The van der Waals surface area contributed by atoms with E-state index >= 15 is 0 Å². The van der Waals surface area contributed by atoms with Gasteiger partial charge in [0.05, 0.1) is 0 Å². The van der Waals surface area contributed by atoms with Crippen LogP contribution in [0, 0.1) is 13.8 Å². The molecule has 1 heterocycles. The third kappa shape index (κ3) is 4.80. The van der Waals surface area contributed by atoms with Crippen molar-refractivity contribution in [2.75, 3.05) is 18.4 Å². The minimum Gasteiger partial charge on any atom is -0.362 e. The molecule has 0 amide bonds. The molecule has 25 heavy (non-hydrogen) atoms. The number of rotatable bonds is 6. The predicted molar refractivity (Wildman–Crippen MR) is 104 cm³/mol. The lowest BCUT2D eigenvalue weighted by Gasteiger charge is -2.15. The predicted octanol–water partition coefficient (Wildman–Crippen LogP) is 4.71. The number of ketones is 1. The van der Waals surface area contributed by atoms with Crippen LogP contribution in [0.4, 0.5) is 5.69 Å². The van der Waals surface area contributed by atoms with Crippen molar-refractivity contribution >= 4 is 11.5 Å². The van der Waals surface area contributed by atoms with Crippen molar-refractivity contribution in [3.8, 4) is 0 Å². The summed E-state index contributed by atoms with van der Waals surface area (Å²) in [5.74, 6) is 0.0296. The van der Waals surface area contributed by atoms with Gasteiger partial charge in [0.25, 0.3) is 0 Å². The van der Waals surface area contributed by atoms with E-state index in [-0.39, 0.29) is 5.78 Å². The van der Waals surface area contributed by atoms with Gasteiger partial charge in [-0.1, -0.05) is 29.8 Å². The number of aryl methyl sites for hydroxylation is 2. The average Bonchev–Trinajstić information content (AvgIpc) is 3.10. The standard InChI is InChI=1S/C22H26N2O/c1-17-8-9-18(2)21(14-17)22(25)10-11-23-20-7-5-6-19(15-20)16-24-12-3-4-13-24/h5-11,14-15,23H,3-4,12-13,16H2,1-2H3. The molecule has 0 spiro atoms. The molecule has 0 unspecified atom stereocenters. The van der Waals surface area contributed by atoms with E-state index in [2.05, 4.69) is 28.4 Å². The van der Waals surface area contributed by atoms with Gasteiger partial charge in [-0.15, -0.1) is 0 Å². The summed E-state index contributed by atoms with van der Waals surface area (Å²) in [4.78, 5) is 14.9. The summed E-state index contributed by atoms with van der Waals surface area (Å²) in [5, 5.41) is 3.22. The van der Waals surface area contributed by atoms with Crippen LogP contribution in [0.25, 0.3) is 0 Å². The first-order chi connectivity index (χ1) is 12.1. The molecule has 2 aromatic carbocycles. The van der Waals surface area contributed by atoms with E-state index in [1.54, 1.807) is 12.3 Å². The summed E-state index contributed by atoms with van der Waals surface area (Å²) in [5.41, 5.74) is 5.20. The molecule has 3 rings (SSSR count). The zero-order valence-corrected chi connectivity index (χ0v) is 15.1. The maximum Gasteiger partial charge on any atom is 0.187 e. The highest BCUT2D eigenvalue weighted by atomic mass is 16.1. The molecule has 0 aromatic heterocycles. The molecule has 2 aromatic rings. The summed E-state index contributed by atoms with van der Waals surface area (Å²) in [7, 11) is 0. The van der Waals surface area contributed by atoms with Gasteiger partial charge in [0.2, 0.25) is 0 Å². The second-order valence-electron chi connectivity index (χ2n) is 6.84. The second kappa shape index (κ2) is 8.13. The molecular formula is C22H26N2O. The Hall–Kier alpha value is -2.39. The maximum absolute atomic E-state index is 12.4. The molecule has 0 atom stereocenters. The van der Waals surface area contributed by atoms with Gasteiger partial charge >= 0.3 is 0 Å². The first-order valence-corrected chi connectivity index (χ1v) is 8.98. The number of hydrogen-bond acceptors (Lipinski definition) is 3. The molecule has 3 nitrogen and oxygen atoms in total. The third-order valence-electron chi connectivity index (χ3n) is 4.68. The number of benzene rings is 2. The van der Waals surface area contributed by atoms with E-state index < -0.39 is 0 Å². The van der Waals surface area contributed by atoms with E-state index in [9.17, 15) is 4.79 Å². The molecule has 130 valence electrons. The normalized spacial score (nSPS) is 15.0. The Labute approximate surface area is 150 Å². The molecule has 0 bridgehead atoms. The third-order valence-corrected chi connectivity index (χ3v) is 4.68. The van der Waals surface area contributed by atoms with E-state index in [0.717, 1.165) is 28.9 Å². The van der Waals surface area contributed by atoms with Gasteiger partial charge in [-0.3, -0.25) is 9.69 Å². The van der Waals surface area contributed by atoms with Gasteiger partial charge in [0.1, 0.15) is 0 Å². The first-order valence-electron chi connectivity index (χ1n) is 8.98. The van der Waals surface area contributed by atoms with Crippen LogP contribution < -0.4 is 5.32 Å². The number of allylic oxidation sites excluding steroid dienone is 1. The van der Waals surface area contributed by atoms with Gasteiger partial charge in [-0.25, -0.2) is 0 Å². The molecule has 1 fully saturated rings. The summed E-state index contributed by atoms with van der Waals surface area (Å²) in [6.07, 6.45) is 5.95. The van der Waals surface area contributed by atoms with Crippen molar-refractivity contribution in [1.29, 1.82) is 0 Å². The highest BCUT2D eigenvalue weighted by Gasteiger charge is 2.11. The van der Waals surface area contributed by atoms with Gasteiger partial charge in [0.15, 0.2) is 5.78 Å². The highest BCUT2D eigenvalue weighted by Crippen LogP contribution is 2.16. The Kier molecular flexibility index (Phi) is 5.67. The Morgan fingerprint density at radius 1 is 1.12 bits per heavy atom. The number of anilines is 1. The van der Waals surface area contributed by atoms with Crippen LogP contribution in [-0.2, 0) is 6.54 Å². The van der Waals surface area contributed by atoms with Gasteiger partial charge in [0, 0.05) is 30.1 Å². The van der Waals surface area contributed by atoms with Crippen LogP contribution in [0.15, 0.2) is 54.7 Å². The lowest BCUT2D eigenvalue weighted by molar-refractivity contribution is 0.104. The molecular weight excluding hydrogens is 308 g/mol. The van der Waals surface area contributed by atoms with E-state index in [1.165, 1.54) is 31.5 Å². The van der Waals surface area contributed by atoms with E-state index in [1.807, 2.05) is 38.1 Å². The Morgan fingerprint density at radius 2 is 1.92 bits per heavy atom. The number of hydrogen-bond donors (Lipinski definition) is 1. The summed E-state index contributed by atoms with van der Waals surface area (Å²) in [6, 6.07) is 14.4. The monoisotopic (exact) mass is 334 g/mol. The van der Waals surface area contributed by atoms with Gasteiger partial charge in [-0.2, -0.15) is 0 Å². The molecule has 1 aliphatic heterocycles. The number of likely N-dealkylation sites (tertiary alicyclic amines) is 1. The molecule has 0 aliphatic carbocycles. The van der Waals surface area contributed by atoms with Crippen LogP contribution >= 0.6 is 0 Å². The second-order valence-corrected chi connectivity index (χ2v) is 6.84. The number of nitrogens with one attached hydrogen (secondary N) is 1. The summed E-state index contributed by atoms with van der Waals surface area (Å²) < 4.78 is 0. The first kappa shape index (κ1) is 17.4. The van der Waals surface area contributed by atoms with Crippen molar-refractivity contribution in [2.45, 2.75) is 33.2 Å². The fourth-order valence-electron chi connectivity index (χ4n) is 3.26. The van der Waals surface area contributed by atoms with E-state index in [0.29, 0.717) is 0 Å². The quantitative estimate of drug-likeness (QED) is 0.613. The topological polar surface area (TPSA) is 32.3 Å². The number of carbonyl (C=O) groups is 1. The number of carbonyl (C=O) groups excluding carboxylic acids is 1. The zero-order chi connectivity index (χ0) is 17.6. The van der Waals surface area contributed by atoms with Crippen molar-refractivity contribution in [2.24, 2.45) is 0 Å². The summed E-state index contributed by atoms with van der Waals surface area (Å²) in [6.45, 7) is 7.37. The average molecular weight is 334 g/mol. The minimum absolute atomic E-state index is 0.0296. The number of nitrogens with zero attached hydrogens (tertiary/aromatic N) is 1. The van der Waals surface area contributed by atoms with Crippen molar-refractivity contribution in [3.63, 3.8) is 0 Å². The van der Waals surface area contributed by atoms with Crippen molar-refractivity contribution in [3.05, 3.63) is 77.0 Å². The molecule has 3 heteroatoms. The largest absolute Gasteiger partial charge is 0.362 e. The molecule has 1 saturated heterocycles. The zero-order valence-electron chi connectivity index (χ0n) is 15.1. The minimum atomic E-state index is 0.0296. The van der Waals surface area contributed by atoms with Crippen molar-refractivity contribution in [1.82, 2.24) is 4.90 Å². The van der Waals surface area contributed by atoms with Gasteiger partial charge in [-0.05, 0) is 69.1 Å². The van der Waals surface area contributed by atoms with Crippen LogP contribution in [0.2, 0.25) is 0 Å². The van der Waals surface area contributed by atoms with Crippen LogP contribution in [0.5, 0.6) is 0 Å². The van der Waals surface area contributed by atoms with Crippen molar-refractivity contribution < 1.29 is 4.79 Å².